The van der Waals surface area contributed by atoms with Crippen molar-refractivity contribution in [2.75, 3.05) is 32.7 Å². The van der Waals surface area contributed by atoms with Crippen molar-refractivity contribution < 1.29 is 9.59 Å². The number of hydrogen-bond donors (Lipinski definition) is 2. The van der Waals surface area contributed by atoms with E-state index in [4.69, 9.17) is 0 Å². The Hall–Kier alpha value is -1.27. The lowest BCUT2D eigenvalue weighted by molar-refractivity contribution is -0.133. The molecule has 1 amide bonds. The lowest BCUT2D eigenvalue weighted by atomic mass is 10.1. The number of ketones is 1. The van der Waals surface area contributed by atoms with Crippen LogP contribution in [0, 0.1) is 0 Å². The Morgan fingerprint density at radius 3 is 2.52 bits per heavy atom. The minimum Gasteiger partial charge on any atom is -0.339 e. The van der Waals surface area contributed by atoms with Crippen LogP contribution in [0.5, 0.6) is 0 Å². The van der Waals surface area contributed by atoms with Gasteiger partial charge in [-0.2, -0.15) is 0 Å². The molecule has 2 N–H and O–H groups in total. The number of carbonyl (C=O) groups is 2. The molecule has 2 saturated heterocycles. The first-order chi connectivity index (χ1) is 10.1. The summed E-state index contributed by atoms with van der Waals surface area (Å²) in [6.45, 7) is 6.94. The summed E-state index contributed by atoms with van der Waals surface area (Å²) in [5.74, 6) is 0.270. The Kier molecular flexibility index (Phi) is 5.87. The van der Waals surface area contributed by atoms with E-state index in [0.29, 0.717) is 6.54 Å². The molecular weight excluding hydrogens is 268 g/mol. The SMILES string of the molecule is CC(=O)CN=C(C)C1CN(C(=O)C2CCCN2)CCCN1. The number of amides is 1. The number of carbonyl (C=O) groups excluding carboxylic acids is 2. The maximum atomic E-state index is 12.5. The second-order valence-corrected chi connectivity index (χ2v) is 5.95. The molecule has 0 radical (unpaired) electrons. The standard InChI is InChI=1S/C15H26N4O2/c1-11(20)9-18-12(2)14-10-19(8-4-7-17-14)15(21)13-5-3-6-16-13/h13-14,16-17H,3-10H2,1-2H3. The summed E-state index contributed by atoms with van der Waals surface area (Å²) in [7, 11) is 0. The van der Waals surface area contributed by atoms with Gasteiger partial charge in [-0.15, -0.1) is 0 Å². The lowest BCUT2D eigenvalue weighted by Gasteiger charge is -2.27. The fraction of sp³-hybridized carbons (Fsp3) is 0.800. The van der Waals surface area contributed by atoms with Gasteiger partial charge in [0.1, 0.15) is 0 Å². The monoisotopic (exact) mass is 294 g/mol. The summed E-state index contributed by atoms with van der Waals surface area (Å²) in [6.07, 6.45) is 2.96. The average Bonchev–Trinajstić information content (AvgIpc) is 2.88. The number of nitrogens with zero attached hydrogens (tertiary/aromatic N) is 2. The van der Waals surface area contributed by atoms with Crippen LogP contribution in [0.2, 0.25) is 0 Å². The van der Waals surface area contributed by atoms with Crippen LogP contribution in [-0.4, -0.2) is 67.1 Å². The van der Waals surface area contributed by atoms with E-state index in [2.05, 4.69) is 15.6 Å². The van der Waals surface area contributed by atoms with Crippen LogP contribution >= 0.6 is 0 Å². The molecule has 21 heavy (non-hydrogen) atoms. The molecule has 2 aliphatic rings. The van der Waals surface area contributed by atoms with E-state index in [0.717, 1.165) is 44.6 Å². The molecule has 118 valence electrons. The molecule has 0 aromatic rings. The Bertz CT molecular complexity index is 416. The van der Waals surface area contributed by atoms with Crippen molar-refractivity contribution in [2.45, 2.75) is 45.2 Å². The molecule has 6 nitrogen and oxygen atoms in total. The van der Waals surface area contributed by atoms with Crippen LogP contribution in [0.25, 0.3) is 0 Å². The normalized spacial score (nSPS) is 27.5. The van der Waals surface area contributed by atoms with Gasteiger partial charge in [-0.1, -0.05) is 0 Å². The molecule has 2 unspecified atom stereocenters. The van der Waals surface area contributed by atoms with E-state index < -0.39 is 0 Å². The van der Waals surface area contributed by atoms with E-state index in [-0.39, 0.29) is 30.3 Å². The Morgan fingerprint density at radius 1 is 1.14 bits per heavy atom. The second kappa shape index (κ2) is 7.66. The van der Waals surface area contributed by atoms with Crippen molar-refractivity contribution >= 4 is 17.4 Å². The summed E-state index contributed by atoms with van der Waals surface area (Å²) in [5.41, 5.74) is 0.907. The van der Waals surface area contributed by atoms with E-state index in [9.17, 15) is 9.59 Å². The molecule has 2 atom stereocenters. The van der Waals surface area contributed by atoms with Crippen molar-refractivity contribution in [3.8, 4) is 0 Å². The quantitative estimate of drug-likeness (QED) is 0.715. The zero-order valence-corrected chi connectivity index (χ0v) is 13.0. The highest BCUT2D eigenvalue weighted by molar-refractivity contribution is 5.91. The Balaban J connectivity index is 1.98. The summed E-state index contributed by atoms with van der Waals surface area (Å²) in [5, 5.41) is 6.70. The van der Waals surface area contributed by atoms with Crippen LogP contribution in [0.4, 0.5) is 0 Å². The number of nitrogens with one attached hydrogen (secondary N) is 2. The molecule has 0 aromatic carbocycles. The van der Waals surface area contributed by atoms with Crippen LogP contribution in [0.15, 0.2) is 4.99 Å². The van der Waals surface area contributed by atoms with Crippen molar-refractivity contribution in [1.29, 1.82) is 0 Å². The molecule has 2 rings (SSSR count). The van der Waals surface area contributed by atoms with Crippen molar-refractivity contribution in [1.82, 2.24) is 15.5 Å². The summed E-state index contributed by atoms with van der Waals surface area (Å²) in [6, 6.07) is 0.0374. The molecular formula is C15H26N4O2. The van der Waals surface area contributed by atoms with Gasteiger partial charge in [0.05, 0.1) is 18.6 Å². The van der Waals surface area contributed by atoms with Gasteiger partial charge in [-0.05, 0) is 46.2 Å². The fourth-order valence-corrected chi connectivity index (χ4v) is 2.86. The van der Waals surface area contributed by atoms with Crippen LogP contribution < -0.4 is 10.6 Å². The number of Topliss-reactive ketones (excluding diaryl/α,β-unsaturated/α-hetero) is 1. The summed E-state index contributed by atoms with van der Waals surface area (Å²) >= 11 is 0. The van der Waals surface area contributed by atoms with E-state index >= 15 is 0 Å². The highest BCUT2D eigenvalue weighted by Crippen LogP contribution is 2.11. The van der Waals surface area contributed by atoms with Crippen molar-refractivity contribution in [3.05, 3.63) is 0 Å². The van der Waals surface area contributed by atoms with E-state index in [1.165, 1.54) is 0 Å². The van der Waals surface area contributed by atoms with Crippen LogP contribution in [-0.2, 0) is 9.59 Å². The number of hydrogen-bond acceptors (Lipinski definition) is 5. The molecule has 2 heterocycles. The molecule has 0 spiro atoms. The fourth-order valence-electron chi connectivity index (χ4n) is 2.86. The third kappa shape index (κ3) is 4.61. The minimum absolute atomic E-state index is 0.0155. The third-order valence-corrected chi connectivity index (χ3v) is 4.12. The summed E-state index contributed by atoms with van der Waals surface area (Å²) < 4.78 is 0. The molecule has 0 bridgehead atoms. The van der Waals surface area contributed by atoms with Crippen molar-refractivity contribution in [2.24, 2.45) is 4.99 Å². The third-order valence-electron chi connectivity index (χ3n) is 4.12. The Morgan fingerprint density at radius 2 is 1.86 bits per heavy atom. The predicted molar refractivity (Wildman–Crippen MR) is 82.7 cm³/mol. The second-order valence-electron chi connectivity index (χ2n) is 5.95. The van der Waals surface area contributed by atoms with Gasteiger partial charge in [0.25, 0.3) is 0 Å². The Labute approximate surface area is 126 Å². The van der Waals surface area contributed by atoms with E-state index in [1.807, 2.05) is 11.8 Å². The molecule has 6 heteroatoms. The molecule has 2 aliphatic heterocycles. The predicted octanol–water partition coefficient (Wildman–Crippen LogP) is -0.0212. The maximum absolute atomic E-state index is 12.5. The molecule has 0 aliphatic carbocycles. The van der Waals surface area contributed by atoms with E-state index in [1.54, 1.807) is 6.92 Å². The van der Waals surface area contributed by atoms with Crippen LogP contribution in [0.1, 0.15) is 33.1 Å². The van der Waals surface area contributed by atoms with Crippen molar-refractivity contribution in [3.63, 3.8) is 0 Å². The van der Waals surface area contributed by atoms with Gasteiger partial charge in [-0.3, -0.25) is 14.6 Å². The molecule has 2 fully saturated rings. The minimum atomic E-state index is -0.0155. The number of rotatable bonds is 4. The highest BCUT2D eigenvalue weighted by Gasteiger charge is 2.29. The zero-order valence-electron chi connectivity index (χ0n) is 13.0. The average molecular weight is 294 g/mol. The van der Waals surface area contributed by atoms with Gasteiger partial charge in [-0.25, -0.2) is 0 Å². The van der Waals surface area contributed by atoms with Gasteiger partial charge >= 0.3 is 0 Å². The van der Waals surface area contributed by atoms with Gasteiger partial charge < -0.3 is 15.5 Å². The number of aliphatic imine (C=N–C) groups is 1. The summed E-state index contributed by atoms with van der Waals surface area (Å²) in [4.78, 5) is 29.9. The van der Waals surface area contributed by atoms with Gasteiger partial charge in [0.2, 0.25) is 5.91 Å². The first-order valence-corrected chi connectivity index (χ1v) is 7.84. The highest BCUT2D eigenvalue weighted by atomic mass is 16.2. The van der Waals surface area contributed by atoms with Crippen LogP contribution in [0.3, 0.4) is 0 Å². The molecule has 0 aromatic heterocycles. The van der Waals surface area contributed by atoms with Gasteiger partial charge in [0, 0.05) is 18.8 Å². The smallest absolute Gasteiger partial charge is 0.239 e. The molecule has 0 saturated carbocycles. The first kappa shape index (κ1) is 16.1. The largest absolute Gasteiger partial charge is 0.339 e. The first-order valence-electron chi connectivity index (χ1n) is 7.84. The zero-order chi connectivity index (χ0) is 15.2. The maximum Gasteiger partial charge on any atom is 0.239 e. The van der Waals surface area contributed by atoms with Gasteiger partial charge in [0.15, 0.2) is 5.78 Å². The lowest BCUT2D eigenvalue weighted by Crippen LogP contribution is -2.49. The topological polar surface area (TPSA) is 73.8 Å².